The molecule has 0 fully saturated rings. The minimum Gasteiger partial charge on any atom is -0.481 e. The van der Waals surface area contributed by atoms with Gasteiger partial charge in [-0.2, -0.15) is 0 Å². The van der Waals surface area contributed by atoms with Crippen LogP contribution in [-0.4, -0.2) is 51.3 Å². The fraction of sp³-hybridized carbons (Fsp3) is 0.308. The van der Waals surface area contributed by atoms with Gasteiger partial charge in [0.1, 0.15) is 12.4 Å². The van der Waals surface area contributed by atoms with Crippen molar-refractivity contribution < 1.29 is 19.1 Å². The van der Waals surface area contributed by atoms with E-state index >= 15 is 0 Å². The first-order valence-electron chi connectivity index (χ1n) is 6.09. The van der Waals surface area contributed by atoms with E-state index in [-0.39, 0.29) is 18.2 Å². The van der Waals surface area contributed by atoms with Crippen molar-refractivity contribution in [3.63, 3.8) is 0 Å². The number of aromatic nitrogens is 2. The summed E-state index contributed by atoms with van der Waals surface area (Å²) >= 11 is 1.000. The number of carbonyl (C=O) groups is 2. The largest absolute Gasteiger partial charge is 0.481 e. The van der Waals surface area contributed by atoms with Crippen LogP contribution in [0.2, 0.25) is 0 Å². The average Bonchev–Trinajstić information content (AvgIpc) is 2.74. The molecule has 1 aromatic heterocycles. The zero-order valence-electron chi connectivity index (χ0n) is 11.5. The summed E-state index contributed by atoms with van der Waals surface area (Å²) in [6, 6.07) is 4.07. The molecule has 2 rings (SSSR count). The minimum absolute atomic E-state index is 0.0189. The summed E-state index contributed by atoms with van der Waals surface area (Å²) in [6.45, 7) is -0.0189. The maximum Gasteiger partial charge on any atom is 0.313 e. The van der Waals surface area contributed by atoms with Gasteiger partial charge in [0.25, 0.3) is 0 Å². The number of imidazole rings is 1. The van der Waals surface area contributed by atoms with E-state index in [0.29, 0.717) is 16.2 Å². The molecule has 0 radical (unpaired) electrons. The van der Waals surface area contributed by atoms with Gasteiger partial charge in [0.15, 0.2) is 5.16 Å². The Balaban J connectivity index is 2.45. The van der Waals surface area contributed by atoms with Gasteiger partial charge in [0.2, 0.25) is 5.91 Å². The van der Waals surface area contributed by atoms with Crippen molar-refractivity contribution in [1.82, 2.24) is 14.5 Å². The Morgan fingerprint density at radius 2 is 2.14 bits per heavy atom. The molecule has 0 saturated heterocycles. The van der Waals surface area contributed by atoms with Crippen LogP contribution in [0.1, 0.15) is 0 Å². The lowest BCUT2D eigenvalue weighted by Gasteiger charge is -2.13. The third-order valence-corrected chi connectivity index (χ3v) is 3.75. The van der Waals surface area contributed by atoms with Gasteiger partial charge < -0.3 is 14.6 Å². The van der Waals surface area contributed by atoms with Crippen LogP contribution in [0.25, 0.3) is 11.0 Å². The number of fused-ring (bicyclic) bond motifs is 1. The second kappa shape index (κ2) is 6.13. The predicted octanol–water partition coefficient (Wildman–Crippen LogP) is 1.44. The Labute approximate surface area is 124 Å². The first-order chi connectivity index (χ1) is 9.88. The summed E-state index contributed by atoms with van der Waals surface area (Å²) in [7, 11) is 3.23. The van der Waals surface area contributed by atoms with Crippen LogP contribution in [0.15, 0.2) is 23.4 Å². The second-order valence-electron chi connectivity index (χ2n) is 4.58. The predicted molar refractivity (Wildman–Crippen MR) is 76.7 cm³/mol. The fourth-order valence-corrected chi connectivity index (χ4v) is 2.47. The monoisotopic (exact) mass is 311 g/mol. The Bertz CT molecular complexity index is 699. The summed E-state index contributed by atoms with van der Waals surface area (Å²) in [5.41, 5.74) is 0.994. The van der Waals surface area contributed by atoms with Gasteiger partial charge in [0, 0.05) is 14.1 Å². The number of rotatable bonds is 5. The zero-order chi connectivity index (χ0) is 15.6. The van der Waals surface area contributed by atoms with Crippen LogP contribution in [0.5, 0.6) is 0 Å². The Morgan fingerprint density at radius 3 is 2.76 bits per heavy atom. The quantitative estimate of drug-likeness (QED) is 0.846. The molecule has 1 N–H and O–H groups in total. The summed E-state index contributed by atoms with van der Waals surface area (Å²) < 4.78 is 14.9. The zero-order valence-corrected chi connectivity index (χ0v) is 12.4. The van der Waals surface area contributed by atoms with E-state index in [4.69, 9.17) is 5.11 Å². The van der Waals surface area contributed by atoms with E-state index < -0.39 is 11.8 Å². The number of carboxylic acid groups (broad SMARTS) is 1. The van der Waals surface area contributed by atoms with Crippen LogP contribution in [0, 0.1) is 5.82 Å². The Hall–Kier alpha value is -2.09. The van der Waals surface area contributed by atoms with Gasteiger partial charge in [-0.05, 0) is 18.2 Å². The number of nitrogens with zero attached hydrogens (tertiary/aromatic N) is 3. The van der Waals surface area contributed by atoms with Crippen molar-refractivity contribution in [2.45, 2.75) is 11.7 Å². The van der Waals surface area contributed by atoms with Crippen LogP contribution >= 0.6 is 11.8 Å². The third-order valence-electron chi connectivity index (χ3n) is 2.79. The molecule has 112 valence electrons. The summed E-state index contributed by atoms with van der Waals surface area (Å²) in [5.74, 6) is -1.78. The van der Waals surface area contributed by atoms with E-state index in [2.05, 4.69) is 4.98 Å². The SMILES string of the molecule is CN(C)C(=O)Cn1c(SCC(=O)O)nc2ccc(F)cc21. The number of halogens is 1. The number of likely N-dealkylation sites (N-methyl/N-ethyl adjacent to an activating group) is 1. The smallest absolute Gasteiger partial charge is 0.313 e. The van der Waals surface area contributed by atoms with Crippen LogP contribution in [0.3, 0.4) is 0 Å². The summed E-state index contributed by atoms with van der Waals surface area (Å²) in [5, 5.41) is 9.14. The highest BCUT2D eigenvalue weighted by atomic mass is 32.2. The first kappa shape index (κ1) is 15.3. The highest BCUT2D eigenvalue weighted by Crippen LogP contribution is 2.24. The maximum atomic E-state index is 13.4. The standard InChI is InChI=1S/C13H14FN3O3S/c1-16(2)11(18)6-17-10-5-8(14)3-4-9(10)15-13(17)21-7-12(19)20/h3-5H,6-7H2,1-2H3,(H,19,20). The van der Waals surface area contributed by atoms with Crippen molar-refractivity contribution in [1.29, 1.82) is 0 Å². The van der Waals surface area contributed by atoms with Gasteiger partial charge in [0.05, 0.1) is 16.8 Å². The molecule has 0 aliphatic carbocycles. The second-order valence-corrected chi connectivity index (χ2v) is 5.53. The molecule has 1 amide bonds. The topological polar surface area (TPSA) is 75.4 Å². The number of aliphatic carboxylic acids is 1. The normalized spacial score (nSPS) is 10.8. The maximum absolute atomic E-state index is 13.4. The molecule has 0 aliphatic rings. The molecular weight excluding hydrogens is 297 g/mol. The Morgan fingerprint density at radius 1 is 1.43 bits per heavy atom. The number of carbonyl (C=O) groups excluding carboxylic acids is 1. The van der Waals surface area contributed by atoms with E-state index in [0.717, 1.165) is 11.8 Å². The third kappa shape index (κ3) is 3.52. The average molecular weight is 311 g/mol. The number of carboxylic acids is 1. The molecule has 0 spiro atoms. The van der Waals surface area contributed by atoms with Crippen molar-refractivity contribution in [3.05, 3.63) is 24.0 Å². The van der Waals surface area contributed by atoms with Crippen LogP contribution < -0.4 is 0 Å². The van der Waals surface area contributed by atoms with Crippen LogP contribution in [-0.2, 0) is 16.1 Å². The number of amides is 1. The molecule has 0 atom stereocenters. The first-order valence-corrected chi connectivity index (χ1v) is 7.07. The number of hydrogen-bond donors (Lipinski definition) is 1. The number of benzene rings is 1. The lowest BCUT2D eigenvalue weighted by molar-refractivity contribution is -0.134. The number of hydrogen-bond acceptors (Lipinski definition) is 4. The molecule has 8 heteroatoms. The molecule has 0 bridgehead atoms. The molecule has 0 unspecified atom stereocenters. The molecule has 2 aromatic rings. The van der Waals surface area contributed by atoms with Crippen LogP contribution in [0.4, 0.5) is 4.39 Å². The summed E-state index contributed by atoms with van der Waals surface area (Å²) in [4.78, 5) is 28.3. The van der Waals surface area contributed by atoms with Gasteiger partial charge >= 0.3 is 5.97 Å². The number of thioether (sulfide) groups is 1. The minimum atomic E-state index is -0.983. The van der Waals surface area contributed by atoms with E-state index in [1.54, 1.807) is 14.1 Å². The van der Waals surface area contributed by atoms with E-state index in [1.807, 2.05) is 0 Å². The highest BCUT2D eigenvalue weighted by Gasteiger charge is 2.16. The van der Waals surface area contributed by atoms with Crippen molar-refractivity contribution >= 4 is 34.7 Å². The molecule has 0 aliphatic heterocycles. The van der Waals surface area contributed by atoms with Gasteiger partial charge in [-0.3, -0.25) is 9.59 Å². The van der Waals surface area contributed by atoms with Gasteiger partial charge in [-0.15, -0.1) is 0 Å². The van der Waals surface area contributed by atoms with E-state index in [1.165, 1.54) is 27.7 Å². The highest BCUT2D eigenvalue weighted by molar-refractivity contribution is 7.99. The van der Waals surface area contributed by atoms with Crippen molar-refractivity contribution in [3.8, 4) is 0 Å². The van der Waals surface area contributed by atoms with Gasteiger partial charge in [-0.25, -0.2) is 9.37 Å². The van der Waals surface area contributed by atoms with E-state index in [9.17, 15) is 14.0 Å². The lowest BCUT2D eigenvalue weighted by Crippen LogP contribution is -2.26. The molecule has 6 nitrogen and oxygen atoms in total. The molecule has 21 heavy (non-hydrogen) atoms. The molecule has 1 heterocycles. The Kier molecular flexibility index (Phi) is 4.46. The molecule has 0 saturated carbocycles. The lowest BCUT2D eigenvalue weighted by atomic mass is 10.3. The van der Waals surface area contributed by atoms with Crippen molar-refractivity contribution in [2.75, 3.05) is 19.8 Å². The fourth-order valence-electron chi connectivity index (χ4n) is 1.74. The van der Waals surface area contributed by atoms with Gasteiger partial charge in [-0.1, -0.05) is 11.8 Å². The summed E-state index contributed by atoms with van der Waals surface area (Å²) in [6.07, 6.45) is 0. The van der Waals surface area contributed by atoms with Crippen molar-refractivity contribution in [2.24, 2.45) is 0 Å². The molecular formula is C13H14FN3O3S. The molecule has 1 aromatic carbocycles.